The molecule has 0 saturated carbocycles. The van der Waals surface area contributed by atoms with Crippen molar-refractivity contribution >= 4 is 50.9 Å². The van der Waals surface area contributed by atoms with Crippen LogP contribution >= 0.6 is 23.2 Å². The van der Waals surface area contributed by atoms with Gasteiger partial charge < -0.3 is 15.0 Å². The lowest BCUT2D eigenvalue weighted by atomic mass is 10.2. The molecule has 1 heterocycles. The summed E-state index contributed by atoms with van der Waals surface area (Å²) in [5.41, 5.74) is 0.921. The third-order valence-electron chi connectivity index (χ3n) is 5.83. The van der Waals surface area contributed by atoms with Crippen molar-refractivity contribution in [3.8, 4) is 0 Å². The Morgan fingerprint density at radius 3 is 2.29 bits per heavy atom. The summed E-state index contributed by atoms with van der Waals surface area (Å²) in [7, 11) is -3.63. The molecule has 0 bridgehead atoms. The molecule has 0 unspecified atom stereocenters. The fourth-order valence-electron chi connectivity index (χ4n) is 3.82. The van der Waals surface area contributed by atoms with Crippen LogP contribution in [0.4, 0.5) is 10.5 Å². The highest BCUT2D eigenvalue weighted by molar-refractivity contribution is 7.92. The Bertz CT molecular complexity index is 1230. The molecule has 1 aliphatic rings. The first kappa shape index (κ1) is 30.0. The number of anilines is 1. The molecule has 208 valence electrons. The lowest BCUT2D eigenvalue weighted by Crippen LogP contribution is -2.51. The van der Waals surface area contributed by atoms with Crippen molar-refractivity contribution in [3.63, 3.8) is 0 Å². The Morgan fingerprint density at radius 1 is 1.00 bits per heavy atom. The van der Waals surface area contributed by atoms with Crippen LogP contribution in [0.5, 0.6) is 0 Å². The second-order valence-electron chi connectivity index (χ2n) is 10.0. The molecule has 0 atom stereocenters. The monoisotopic (exact) mass is 584 g/mol. The number of amides is 2. The van der Waals surface area contributed by atoms with E-state index in [0.717, 1.165) is 0 Å². The van der Waals surface area contributed by atoms with Gasteiger partial charge in [0.2, 0.25) is 10.0 Å². The van der Waals surface area contributed by atoms with Crippen LogP contribution in [0.3, 0.4) is 0 Å². The zero-order valence-corrected chi connectivity index (χ0v) is 24.1. The topological polar surface area (TPSA) is 108 Å². The van der Waals surface area contributed by atoms with E-state index in [2.05, 4.69) is 14.9 Å². The van der Waals surface area contributed by atoms with Gasteiger partial charge in [-0.25, -0.2) is 13.2 Å². The fourth-order valence-corrected chi connectivity index (χ4v) is 5.32. The van der Waals surface area contributed by atoms with E-state index in [0.29, 0.717) is 66.1 Å². The van der Waals surface area contributed by atoms with E-state index in [-0.39, 0.29) is 24.2 Å². The highest BCUT2D eigenvalue weighted by Crippen LogP contribution is 2.26. The van der Waals surface area contributed by atoms with Crippen LogP contribution in [0.1, 0.15) is 36.7 Å². The van der Waals surface area contributed by atoms with Crippen LogP contribution in [0.15, 0.2) is 42.5 Å². The average molecular weight is 586 g/mol. The molecule has 2 aromatic carbocycles. The SMILES string of the molecule is CC(C)(C)OC(=O)N1CCN(CCNC(=O)c2ccc(NS(=O)(=O)CCc3cccc(Cl)c3Cl)cc2)CC1. The highest BCUT2D eigenvalue weighted by Gasteiger charge is 2.25. The highest BCUT2D eigenvalue weighted by atomic mass is 35.5. The molecule has 2 amide bonds. The molecule has 1 saturated heterocycles. The van der Waals surface area contributed by atoms with Gasteiger partial charge in [-0.3, -0.25) is 14.4 Å². The third kappa shape index (κ3) is 9.34. The Labute approximate surface area is 234 Å². The van der Waals surface area contributed by atoms with Crippen molar-refractivity contribution in [1.82, 2.24) is 15.1 Å². The summed E-state index contributed by atoms with van der Waals surface area (Å²) in [5, 5.41) is 3.61. The van der Waals surface area contributed by atoms with Gasteiger partial charge in [0.05, 0.1) is 15.8 Å². The molecule has 0 radical (unpaired) electrons. The van der Waals surface area contributed by atoms with Crippen molar-refractivity contribution in [2.75, 3.05) is 49.7 Å². The fraction of sp³-hybridized carbons (Fsp3) is 0.462. The van der Waals surface area contributed by atoms with Gasteiger partial charge in [-0.1, -0.05) is 35.3 Å². The van der Waals surface area contributed by atoms with Crippen LogP contribution in [0.25, 0.3) is 0 Å². The number of hydrogen-bond acceptors (Lipinski definition) is 6. The minimum Gasteiger partial charge on any atom is -0.444 e. The number of ether oxygens (including phenoxy) is 1. The number of hydrogen-bond donors (Lipinski definition) is 2. The van der Waals surface area contributed by atoms with E-state index in [1.807, 2.05) is 20.8 Å². The third-order valence-corrected chi connectivity index (χ3v) is 7.98. The van der Waals surface area contributed by atoms with Gasteiger partial charge in [-0.15, -0.1) is 0 Å². The van der Waals surface area contributed by atoms with E-state index in [4.69, 9.17) is 27.9 Å². The predicted octanol–water partition coefficient (Wildman–Crippen LogP) is 4.26. The number of aryl methyl sites for hydroxylation is 1. The smallest absolute Gasteiger partial charge is 0.410 e. The summed E-state index contributed by atoms with van der Waals surface area (Å²) in [6.45, 7) is 9.19. The molecule has 38 heavy (non-hydrogen) atoms. The number of nitrogens with one attached hydrogen (secondary N) is 2. The van der Waals surface area contributed by atoms with Gasteiger partial charge in [0.25, 0.3) is 5.91 Å². The second kappa shape index (κ2) is 13.0. The van der Waals surface area contributed by atoms with Crippen molar-refractivity contribution in [3.05, 3.63) is 63.6 Å². The van der Waals surface area contributed by atoms with Gasteiger partial charge in [0.15, 0.2) is 0 Å². The summed E-state index contributed by atoms with van der Waals surface area (Å²) in [6, 6.07) is 11.3. The normalized spacial score (nSPS) is 14.7. The lowest BCUT2D eigenvalue weighted by Gasteiger charge is -2.35. The standard InChI is InChI=1S/C26H34Cl2N4O5S/c1-26(2,3)37-25(34)32-16-14-31(15-17-32)13-12-29-24(33)20-7-9-21(10-8-20)30-38(35,36)18-11-19-5-4-6-22(27)23(19)28/h4-10,30H,11-18H2,1-3H3,(H,29,33). The molecule has 1 aliphatic heterocycles. The average Bonchev–Trinajstić information content (AvgIpc) is 2.84. The van der Waals surface area contributed by atoms with Gasteiger partial charge >= 0.3 is 6.09 Å². The summed E-state index contributed by atoms with van der Waals surface area (Å²) in [6.07, 6.45) is -0.0904. The molecule has 3 rings (SSSR count). The number of rotatable bonds is 9. The van der Waals surface area contributed by atoms with Gasteiger partial charge in [-0.2, -0.15) is 0 Å². The van der Waals surface area contributed by atoms with Crippen molar-refractivity contribution in [2.45, 2.75) is 32.8 Å². The minimum absolute atomic E-state index is 0.165. The maximum Gasteiger partial charge on any atom is 0.410 e. The number of halogens is 2. The number of carbonyl (C=O) groups excluding carboxylic acids is 2. The maximum absolute atomic E-state index is 12.5. The number of nitrogens with zero attached hydrogens (tertiary/aromatic N) is 2. The summed E-state index contributed by atoms with van der Waals surface area (Å²) >= 11 is 12.1. The second-order valence-corrected chi connectivity index (χ2v) is 12.7. The van der Waals surface area contributed by atoms with Crippen LogP contribution in [0, 0.1) is 0 Å². The molecular weight excluding hydrogens is 551 g/mol. The molecule has 0 aliphatic carbocycles. The Hall–Kier alpha value is -2.53. The van der Waals surface area contributed by atoms with E-state index >= 15 is 0 Å². The number of piperazine rings is 1. The van der Waals surface area contributed by atoms with E-state index in [1.165, 1.54) is 0 Å². The van der Waals surface area contributed by atoms with Gasteiger partial charge in [0, 0.05) is 50.5 Å². The summed E-state index contributed by atoms with van der Waals surface area (Å²) in [4.78, 5) is 28.6. The Morgan fingerprint density at radius 2 is 1.66 bits per heavy atom. The van der Waals surface area contributed by atoms with E-state index in [1.54, 1.807) is 47.4 Å². The molecular formula is C26H34Cl2N4O5S. The number of sulfonamides is 1. The van der Waals surface area contributed by atoms with Crippen LogP contribution in [-0.2, 0) is 21.2 Å². The molecule has 1 fully saturated rings. The van der Waals surface area contributed by atoms with Gasteiger partial charge in [-0.05, 0) is 63.1 Å². The first-order valence-electron chi connectivity index (χ1n) is 12.3. The number of benzene rings is 2. The molecule has 0 spiro atoms. The quantitative estimate of drug-likeness (QED) is 0.456. The van der Waals surface area contributed by atoms with Crippen molar-refractivity contribution in [2.24, 2.45) is 0 Å². The first-order valence-corrected chi connectivity index (χ1v) is 14.8. The van der Waals surface area contributed by atoms with E-state index < -0.39 is 15.6 Å². The number of carbonyl (C=O) groups is 2. The Kier molecular flexibility index (Phi) is 10.3. The largest absolute Gasteiger partial charge is 0.444 e. The lowest BCUT2D eigenvalue weighted by molar-refractivity contribution is 0.0147. The molecule has 2 N–H and O–H groups in total. The maximum atomic E-state index is 12.5. The van der Waals surface area contributed by atoms with Crippen molar-refractivity contribution < 1.29 is 22.7 Å². The van der Waals surface area contributed by atoms with Crippen LogP contribution in [0.2, 0.25) is 10.0 Å². The molecule has 2 aromatic rings. The first-order chi connectivity index (χ1) is 17.8. The molecule has 12 heteroatoms. The summed E-state index contributed by atoms with van der Waals surface area (Å²) in [5.74, 6) is -0.413. The van der Waals surface area contributed by atoms with E-state index in [9.17, 15) is 18.0 Å². The van der Waals surface area contributed by atoms with Crippen molar-refractivity contribution in [1.29, 1.82) is 0 Å². The zero-order valence-electron chi connectivity index (χ0n) is 21.8. The zero-order chi connectivity index (χ0) is 27.9. The minimum atomic E-state index is -3.63. The summed E-state index contributed by atoms with van der Waals surface area (Å²) < 4.78 is 32.9. The van der Waals surface area contributed by atoms with Gasteiger partial charge in [0.1, 0.15) is 5.60 Å². The van der Waals surface area contributed by atoms with Crippen LogP contribution in [-0.4, -0.2) is 80.8 Å². The van der Waals surface area contributed by atoms with Crippen LogP contribution < -0.4 is 10.0 Å². The predicted molar refractivity (Wildman–Crippen MR) is 151 cm³/mol. The molecule has 9 nitrogen and oxygen atoms in total. The Balaban J connectivity index is 1.40. The molecule has 0 aromatic heterocycles.